The van der Waals surface area contributed by atoms with Gasteiger partial charge in [-0.15, -0.1) is 22.7 Å². The van der Waals surface area contributed by atoms with Crippen LogP contribution in [0.4, 0.5) is 0 Å². The highest BCUT2D eigenvalue weighted by atomic mass is 33.2. The lowest BCUT2D eigenvalue weighted by Crippen LogP contribution is -2.13. The van der Waals surface area contributed by atoms with Gasteiger partial charge in [0.05, 0.1) is 0 Å². The summed E-state index contributed by atoms with van der Waals surface area (Å²) in [6, 6.07) is 5.57. The van der Waals surface area contributed by atoms with Crippen LogP contribution in [-0.2, 0) is 17.7 Å². The SMILES string of the molecule is O=S(=O)(c1cccs1)S(=O)(=O)c1cccs1. The summed E-state index contributed by atoms with van der Waals surface area (Å²) < 4.78 is 47.1. The lowest BCUT2D eigenvalue weighted by Gasteiger charge is -2.00. The second-order valence-corrected chi connectivity index (χ2v) is 10.5. The van der Waals surface area contributed by atoms with Crippen molar-refractivity contribution < 1.29 is 16.8 Å². The van der Waals surface area contributed by atoms with E-state index in [4.69, 9.17) is 0 Å². The molecule has 0 atom stereocenters. The zero-order valence-electron chi connectivity index (χ0n) is 7.73. The molecule has 0 unspecified atom stereocenters. The fraction of sp³-hybridized carbons (Fsp3) is 0. The molecule has 0 saturated heterocycles. The topological polar surface area (TPSA) is 68.3 Å². The van der Waals surface area contributed by atoms with E-state index in [-0.39, 0.29) is 8.42 Å². The van der Waals surface area contributed by atoms with E-state index in [0.717, 1.165) is 22.7 Å². The average Bonchev–Trinajstić information content (AvgIpc) is 2.91. The first-order valence-electron chi connectivity index (χ1n) is 4.03. The van der Waals surface area contributed by atoms with E-state index in [1.54, 1.807) is 0 Å². The molecule has 2 aromatic rings. The molecule has 0 N–H and O–H groups in total. The molecule has 8 heteroatoms. The van der Waals surface area contributed by atoms with Crippen LogP contribution in [0.15, 0.2) is 43.4 Å². The van der Waals surface area contributed by atoms with Crippen LogP contribution in [-0.4, -0.2) is 16.8 Å². The Morgan fingerprint density at radius 1 is 0.750 bits per heavy atom. The van der Waals surface area contributed by atoms with E-state index >= 15 is 0 Å². The zero-order valence-corrected chi connectivity index (χ0v) is 11.0. The van der Waals surface area contributed by atoms with Gasteiger partial charge in [0.1, 0.15) is 8.42 Å². The van der Waals surface area contributed by atoms with Crippen molar-refractivity contribution in [2.75, 3.05) is 0 Å². The monoisotopic (exact) mass is 294 g/mol. The van der Waals surface area contributed by atoms with Crippen LogP contribution in [0.3, 0.4) is 0 Å². The van der Waals surface area contributed by atoms with Crippen LogP contribution in [0.1, 0.15) is 0 Å². The number of hydrogen-bond donors (Lipinski definition) is 0. The summed E-state index contributed by atoms with van der Waals surface area (Å²) in [5.41, 5.74) is 0. The highest BCUT2D eigenvalue weighted by Crippen LogP contribution is 2.29. The van der Waals surface area contributed by atoms with E-state index in [0.29, 0.717) is 0 Å². The molecule has 0 fully saturated rings. The molecule has 0 aliphatic rings. The largest absolute Gasteiger partial charge is 0.296 e. The minimum absolute atomic E-state index is 0.152. The highest BCUT2D eigenvalue weighted by Gasteiger charge is 2.35. The lowest BCUT2D eigenvalue weighted by molar-refractivity contribution is 0.585. The second-order valence-electron chi connectivity index (χ2n) is 2.77. The van der Waals surface area contributed by atoms with Gasteiger partial charge in [-0.2, -0.15) is 0 Å². The Morgan fingerprint density at radius 2 is 1.12 bits per heavy atom. The summed E-state index contributed by atoms with van der Waals surface area (Å²) in [4.78, 5) is 0. The molecule has 2 heterocycles. The maximum Gasteiger partial charge on any atom is 0.296 e. The predicted molar refractivity (Wildman–Crippen MR) is 63.0 cm³/mol. The molecule has 2 rings (SSSR count). The second kappa shape index (κ2) is 3.95. The highest BCUT2D eigenvalue weighted by molar-refractivity contribution is 8.67. The van der Waals surface area contributed by atoms with Crippen molar-refractivity contribution in [3.8, 4) is 0 Å². The molecule has 0 aliphatic carbocycles. The molecule has 0 aromatic carbocycles. The predicted octanol–water partition coefficient (Wildman–Crippen LogP) is 1.97. The van der Waals surface area contributed by atoms with Crippen LogP contribution in [0, 0.1) is 0 Å². The molecule has 0 bridgehead atoms. The fourth-order valence-corrected chi connectivity index (χ4v) is 8.07. The van der Waals surface area contributed by atoms with Crippen molar-refractivity contribution in [1.29, 1.82) is 0 Å². The van der Waals surface area contributed by atoms with E-state index in [1.165, 1.54) is 35.0 Å². The van der Waals surface area contributed by atoms with Gasteiger partial charge in [-0.25, -0.2) is 16.8 Å². The van der Waals surface area contributed by atoms with Crippen LogP contribution in [0.5, 0.6) is 0 Å². The minimum atomic E-state index is -4.32. The molecule has 0 amide bonds. The summed E-state index contributed by atoms with van der Waals surface area (Å²) >= 11 is 1.78. The van der Waals surface area contributed by atoms with Gasteiger partial charge in [-0.3, -0.25) is 0 Å². The standard InChI is InChI=1S/C8H6O4S4/c9-15(10,7-3-1-5-13-7)16(11,12)8-4-2-6-14-8/h1-6H. The molecule has 16 heavy (non-hydrogen) atoms. The summed E-state index contributed by atoms with van der Waals surface area (Å²) in [5.74, 6) is 0. The van der Waals surface area contributed by atoms with Gasteiger partial charge < -0.3 is 0 Å². The smallest absolute Gasteiger partial charge is 0.206 e. The first-order valence-corrected chi connectivity index (χ1v) is 9.27. The summed E-state index contributed by atoms with van der Waals surface area (Å²) in [5, 5.41) is 3.05. The summed E-state index contributed by atoms with van der Waals surface area (Å²) in [6.45, 7) is 0. The van der Waals surface area contributed by atoms with E-state index in [1.807, 2.05) is 0 Å². The van der Waals surface area contributed by atoms with Crippen molar-refractivity contribution in [3.63, 3.8) is 0 Å². The lowest BCUT2D eigenvalue weighted by atomic mass is 10.7. The molecule has 0 spiro atoms. The Morgan fingerprint density at radius 3 is 1.38 bits per heavy atom. The minimum Gasteiger partial charge on any atom is -0.206 e. The van der Waals surface area contributed by atoms with Crippen LogP contribution >= 0.6 is 22.7 Å². The number of hydrogen-bond acceptors (Lipinski definition) is 6. The van der Waals surface area contributed by atoms with Crippen molar-refractivity contribution in [2.45, 2.75) is 8.42 Å². The third kappa shape index (κ3) is 1.71. The molecular weight excluding hydrogens is 288 g/mol. The van der Waals surface area contributed by atoms with Crippen LogP contribution in [0.2, 0.25) is 0 Å². The van der Waals surface area contributed by atoms with Crippen molar-refractivity contribution in [2.24, 2.45) is 0 Å². The normalized spacial score (nSPS) is 12.8. The maximum absolute atomic E-state index is 11.8. The Labute approximate surface area is 100 Å². The third-order valence-electron chi connectivity index (χ3n) is 1.77. The zero-order chi connectivity index (χ0) is 11.8. The van der Waals surface area contributed by atoms with Crippen molar-refractivity contribution in [1.82, 2.24) is 0 Å². The van der Waals surface area contributed by atoms with Gasteiger partial charge in [-0.1, -0.05) is 12.1 Å². The number of thiophene rings is 2. The Hall–Kier alpha value is -0.700. The van der Waals surface area contributed by atoms with E-state index < -0.39 is 17.7 Å². The van der Waals surface area contributed by atoms with E-state index in [2.05, 4.69) is 0 Å². The first kappa shape index (κ1) is 11.8. The Kier molecular flexibility index (Phi) is 2.91. The molecular formula is C8H6O4S4. The third-order valence-corrected chi connectivity index (χ3v) is 10.3. The number of rotatable bonds is 3. The quantitative estimate of drug-likeness (QED) is 0.812. The van der Waals surface area contributed by atoms with Gasteiger partial charge in [-0.05, 0) is 22.9 Å². The van der Waals surface area contributed by atoms with Gasteiger partial charge in [0.15, 0.2) is 0 Å². The summed E-state index contributed by atoms with van der Waals surface area (Å²) in [7, 11) is -8.63. The van der Waals surface area contributed by atoms with Gasteiger partial charge in [0.2, 0.25) is 0 Å². The van der Waals surface area contributed by atoms with Crippen molar-refractivity contribution in [3.05, 3.63) is 35.0 Å². The van der Waals surface area contributed by atoms with Crippen molar-refractivity contribution >= 4 is 40.4 Å². The molecule has 0 radical (unpaired) electrons. The van der Waals surface area contributed by atoms with Crippen LogP contribution in [0.25, 0.3) is 0 Å². The molecule has 0 saturated carbocycles. The summed E-state index contributed by atoms with van der Waals surface area (Å²) in [6.07, 6.45) is 0. The van der Waals surface area contributed by atoms with Crippen LogP contribution < -0.4 is 0 Å². The molecule has 2 aromatic heterocycles. The van der Waals surface area contributed by atoms with Gasteiger partial charge in [0, 0.05) is 0 Å². The Bertz CT molecular complexity index is 600. The van der Waals surface area contributed by atoms with Gasteiger partial charge in [0.25, 0.3) is 17.7 Å². The molecule has 4 nitrogen and oxygen atoms in total. The first-order chi connectivity index (χ1) is 7.46. The van der Waals surface area contributed by atoms with E-state index in [9.17, 15) is 16.8 Å². The molecule has 86 valence electrons. The maximum atomic E-state index is 11.8. The van der Waals surface area contributed by atoms with Gasteiger partial charge >= 0.3 is 0 Å². The average molecular weight is 294 g/mol. The Balaban J connectivity index is 2.64. The molecule has 0 aliphatic heterocycles. The fourth-order valence-electron chi connectivity index (χ4n) is 1.03.